The van der Waals surface area contributed by atoms with Crippen LogP contribution in [-0.4, -0.2) is 44.0 Å². The van der Waals surface area contributed by atoms with Crippen molar-refractivity contribution in [2.24, 2.45) is 10.7 Å². The van der Waals surface area contributed by atoms with Gasteiger partial charge in [0.05, 0.1) is 13.1 Å². The van der Waals surface area contributed by atoms with Gasteiger partial charge in [-0.2, -0.15) is 0 Å². The normalized spacial score (nSPS) is 11.2. The lowest BCUT2D eigenvalue weighted by atomic mass is 10.3. The lowest BCUT2D eigenvalue weighted by molar-refractivity contribution is 0.0972. The molecule has 0 radical (unpaired) electrons. The Balaban J connectivity index is 1.81. The number of ether oxygens (including phenoxy) is 1. The number of aliphatic imine (C=N–C) groups is 1. The van der Waals surface area contributed by atoms with Crippen molar-refractivity contribution in [2.75, 3.05) is 27.2 Å². The number of nitrogens with two attached hydrogens (primary N) is 1. The van der Waals surface area contributed by atoms with E-state index < -0.39 is 11.7 Å². The summed E-state index contributed by atoms with van der Waals surface area (Å²) in [6.07, 6.45) is 0. The molecule has 0 unspecified atom stereocenters. The Morgan fingerprint density at radius 2 is 2.12 bits per heavy atom. The summed E-state index contributed by atoms with van der Waals surface area (Å²) in [7, 11) is 3.48. The number of carbonyl (C=O) groups is 1. The number of hydrogen-bond acceptors (Lipinski definition) is 4. The molecule has 1 amide bonds. The number of halogens is 1. The number of furan rings is 1. The van der Waals surface area contributed by atoms with Gasteiger partial charge in [0.2, 0.25) is 0 Å². The summed E-state index contributed by atoms with van der Waals surface area (Å²) in [5, 5.41) is 3.10. The molecular weight excluding hydrogens is 327 g/mol. The van der Waals surface area contributed by atoms with Crippen molar-refractivity contribution >= 4 is 11.9 Å². The Morgan fingerprint density at radius 1 is 1.36 bits per heavy atom. The number of nitrogens with zero attached hydrogens (tertiary/aromatic N) is 2. The molecule has 3 N–H and O–H groups in total. The van der Waals surface area contributed by atoms with Crippen molar-refractivity contribution in [3.8, 4) is 5.75 Å². The van der Waals surface area contributed by atoms with Crippen LogP contribution >= 0.6 is 0 Å². The Bertz CT molecular complexity index is 745. The molecule has 1 aromatic heterocycles. The van der Waals surface area contributed by atoms with Crippen molar-refractivity contribution in [1.82, 2.24) is 10.2 Å². The quantitative estimate of drug-likeness (QED) is 0.586. The number of likely N-dealkylation sites (N-methyl/N-ethyl adjacent to an activating group) is 1. The maximum atomic E-state index is 13.5. The molecule has 0 saturated carbocycles. The van der Waals surface area contributed by atoms with Gasteiger partial charge >= 0.3 is 0 Å². The van der Waals surface area contributed by atoms with Gasteiger partial charge in [0.25, 0.3) is 5.91 Å². The summed E-state index contributed by atoms with van der Waals surface area (Å²) in [5.41, 5.74) is 5.15. The molecule has 0 atom stereocenters. The first-order valence-corrected chi connectivity index (χ1v) is 7.69. The number of rotatable bonds is 7. The third-order valence-corrected chi connectivity index (χ3v) is 3.42. The Morgan fingerprint density at radius 3 is 2.76 bits per heavy atom. The van der Waals surface area contributed by atoms with E-state index in [9.17, 15) is 9.18 Å². The van der Waals surface area contributed by atoms with Crippen LogP contribution < -0.4 is 15.8 Å². The van der Waals surface area contributed by atoms with Crippen molar-refractivity contribution in [2.45, 2.75) is 6.54 Å². The van der Waals surface area contributed by atoms with Crippen LogP contribution in [0, 0.1) is 5.82 Å². The molecule has 2 rings (SSSR count). The zero-order chi connectivity index (χ0) is 18.2. The van der Waals surface area contributed by atoms with E-state index in [0.29, 0.717) is 31.4 Å². The highest BCUT2D eigenvalue weighted by Crippen LogP contribution is 2.15. The van der Waals surface area contributed by atoms with E-state index in [4.69, 9.17) is 14.9 Å². The van der Waals surface area contributed by atoms with Crippen molar-refractivity contribution in [3.05, 3.63) is 53.7 Å². The number of benzene rings is 1. The largest absolute Gasteiger partial charge is 0.489 e. The predicted molar refractivity (Wildman–Crippen MR) is 91.9 cm³/mol. The molecule has 0 spiro atoms. The highest BCUT2D eigenvalue weighted by molar-refractivity contribution is 5.89. The second-order valence-electron chi connectivity index (χ2n) is 5.23. The molecule has 0 fully saturated rings. The maximum absolute atomic E-state index is 13.5. The van der Waals surface area contributed by atoms with Crippen LogP contribution in [0.5, 0.6) is 5.75 Å². The summed E-state index contributed by atoms with van der Waals surface area (Å²) in [6, 6.07) is 9.44. The molecule has 0 bridgehead atoms. The van der Waals surface area contributed by atoms with Gasteiger partial charge in [-0.05, 0) is 24.3 Å². The number of primary amides is 1. The van der Waals surface area contributed by atoms with Gasteiger partial charge < -0.3 is 25.1 Å². The molecule has 0 aliphatic rings. The van der Waals surface area contributed by atoms with E-state index in [-0.39, 0.29) is 11.5 Å². The van der Waals surface area contributed by atoms with E-state index >= 15 is 0 Å². The third-order valence-electron chi connectivity index (χ3n) is 3.42. The van der Waals surface area contributed by atoms with Crippen molar-refractivity contribution in [1.29, 1.82) is 0 Å². The smallest absolute Gasteiger partial charge is 0.284 e. The first-order valence-electron chi connectivity index (χ1n) is 7.69. The lowest BCUT2D eigenvalue weighted by Crippen LogP contribution is -2.40. The lowest BCUT2D eigenvalue weighted by Gasteiger charge is -2.21. The van der Waals surface area contributed by atoms with Gasteiger partial charge in [0.1, 0.15) is 12.4 Å². The number of para-hydroxylation sites is 1. The summed E-state index contributed by atoms with van der Waals surface area (Å²) in [6.45, 7) is 1.14. The number of guanidine groups is 1. The van der Waals surface area contributed by atoms with Gasteiger partial charge in [0.15, 0.2) is 23.3 Å². The van der Waals surface area contributed by atoms with E-state index in [0.717, 1.165) is 0 Å². The molecular formula is C17H21FN4O3. The fourth-order valence-electron chi connectivity index (χ4n) is 2.12. The Kier molecular flexibility index (Phi) is 6.39. The number of amides is 1. The second kappa shape index (κ2) is 8.72. The zero-order valence-electron chi connectivity index (χ0n) is 14.2. The highest BCUT2D eigenvalue weighted by atomic mass is 19.1. The van der Waals surface area contributed by atoms with Gasteiger partial charge in [-0.3, -0.25) is 9.79 Å². The fourth-order valence-corrected chi connectivity index (χ4v) is 2.12. The summed E-state index contributed by atoms with van der Waals surface area (Å²) >= 11 is 0. The van der Waals surface area contributed by atoms with Crippen LogP contribution in [-0.2, 0) is 6.54 Å². The minimum Gasteiger partial charge on any atom is -0.489 e. The van der Waals surface area contributed by atoms with Crippen LogP contribution in [0.2, 0.25) is 0 Å². The molecule has 7 nitrogen and oxygen atoms in total. The number of carbonyl (C=O) groups excluding carboxylic acids is 1. The van der Waals surface area contributed by atoms with E-state index in [1.165, 1.54) is 12.1 Å². The first-order chi connectivity index (χ1) is 12.0. The average Bonchev–Trinajstić information content (AvgIpc) is 3.06. The molecule has 0 saturated heterocycles. The van der Waals surface area contributed by atoms with Gasteiger partial charge in [0, 0.05) is 14.1 Å². The molecule has 1 aromatic carbocycles. The van der Waals surface area contributed by atoms with E-state index in [1.807, 2.05) is 11.9 Å². The highest BCUT2D eigenvalue weighted by Gasteiger charge is 2.10. The Hall–Kier alpha value is -3.03. The third kappa shape index (κ3) is 5.23. The zero-order valence-corrected chi connectivity index (χ0v) is 14.2. The minimum atomic E-state index is -0.613. The number of nitrogens with one attached hydrogen (secondary N) is 1. The van der Waals surface area contributed by atoms with Crippen LogP contribution in [0.3, 0.4) is 0 Å². The minimum absolute atomic E-state index is 0.110. The summed E-state index contributed by atoms with van der Waals surface area (Å²) < 4.78 is 24.2. The summed E-state index contributed by atoms with van der Waals surface area (Å²) in [5.74, 6) is 0.487. The van der Waals surface area contributed by atoms with Crippen molar-refractivity contribution in [3.63, 3.8) is 0 Å². The average molecular weight is 348 g/mol. The molecule has 134 valence electrons. The predicted octanol–water partition coefficient (Wildman–Crippen LogP) is 1.60. The molecule has 0 aliphatic carbocycles. The van der Waals surface area contributed by atoms with Crippen LogP contribution in [0.4, 0.5) is 4.39 Å². The van der Waals surface area contributed by atoms with E-state index in [2.05, 4.69) is 10.3 Å². The molecule has 2 aromatic rings. The molecule has 1 heterocycles. The van der Waals surface area contributed by atoms with E-state index in [1.54, 1.807) is 31.3 Å². The molecule has 25 heavy (non-hydrogen) atoms. The second-order valence-corrected chi connectivity index (χ2v) is 5.23. The Labute approximate surface area is 145 Å². The van der Waals surface area contributed by atoms with Crippen molar-refractivity contribution < 1.29 is 18.3 Å². The standard InChI is InChI=1S/C17H21FN4O3/c1-20-17(21-11-12-7-8-15(25-12)16(19)23)22(2)9-10-24-14-6-4-3-5-13(14)18/h3-8H,9-11H2,1-2H3,(H2,19,23)(H,20,21). The topological polar surface area (TPSA) is 93.1 Å². The SMILES string of the molecule is CN=C(NCc1ccc(C(N)=O)o1)N(C)CCOc1ccccc1F. The summed E-state index contributed by atoms with van der Waals surface area (Å²) in [4.78, 5) is 17.0. The molecule has 0 aliphatic heterocycles. The van der Waals surface area contributed by atoms with Crippen LogP contribution in [0.25, 0.3) is 0 Å². The monoisotopic (exact) mass is 348 g/mol. The van der Waals surface area contributed by atoms with Crippen LogP contribution in [0.1, 0.15) is 16.3 Å². The van der Waals surface area contributed by atoms with Crippen LogP contribution in [0.15, 0.2) is 45.8 Å². The van der Waals surface area contributed by atoms with Gasteiger partial charge in [-0.15, -0.1) is 0 Å². The fraction of sp³-hybridized carbons (Fsp3) is 0.294. The number of hydrogen-bond donors (Lipinski definition) is 2. The maximum Gasteiger partial charge on any atom is 0.284 e. The van der Waals surface area contributed by atoms with Gasteiger partial charge in [-0.25, -0.2) is 4.39 Å². The van der Waals surface area contributed by atoms with Gasteiger partial charge in [-0.1, -0.05) is 12.1 Å². The first kappa shape index (κ1) is 18.3. The molecule has 8 heteroatoms.